The van der Waals surface area contributed by atoms with E-state index < -0.39 is 0 Å². The first-order valence-electron chi connectivity index (χ1n) is 6.22. The first-order chi connectivity index (χ1) is 9.65. The minimum absolute atomic E-state index is 0.138. The Morgan fingerprint density at radius 2 is 1.95 bits per heavy atom. The van der Waals surface area contributed by atoms with Crippen molar-refractivity contribution in [1.82, 2.24) is 4.90 Å². The molecule has 1 N–H and O–H groups in total. The van der Waals surface area contributed by atoms with Crippen LogP contribution in [0.5, 0.6) is 0 Å². The maximum Gasteiger partial charge on any atom is 0.322 e. The highest BCUT2D eigenvalue weighted by Crippen LogP contribution is 2.30. The minimum atomic E-state index is -0.138. The van der Waals surface area contributed by atoms with Gasteiger partial charge in [0.25, 0.3) is 0 Å². The van der Waals surface area contributed by atoms with Crippen molar-refractivity contribution in [1.29, 1.82) is 0 Å². The van der Waals surface area contributed by atoms with E-state index in [1.54, 1.807) is 17.0 Å². The zero-order chi connectivity index (χ0) is 14.1. The van der Waals surface area contributed by atoms with E-state index in [0.29, 0.717) is 23.8 Å². The third-order valence-corrected chi connectivity index (χ3v) is 4.40. The van der Waals surface area contributed by atoms with Crippen LogP contribution in [0.15, 0.2) is 46.9 Å². The summed E-state index contributed by atoms with van der Waals surface area (Å²) in [5.74, 6) is 0. The topological polar surface area (TPSA) is 32.3 Å². The molecule has 0 radical (unpaired) electrons. The van der Waals surface area contributed by atoms with Crippen molar-refractivity contribution >= 4 is 39.2 Å². The molecule has 0 fully saturated rings. The summed E-state index contributed by atoms with van der Waals surface area (Å²) >= 11 is 9.57. The molecule has 5 heteroatoms. The Hall–Kier alpha value is -1.52. The molecule has 0 aliphatic carbocycles. The average molecular weight is 352 g/mol. The lowest BCUT2D eigenvalue weighted by Gasteiger charge is -2.17. The smallest absolute Gasteiger partial charge is 0.316 e. The largest absolute Gasteiger partial charge is 0.322 e. The number of amides is 2. The highest BCUT2D eigenvalue weighted by Gasteiger charge is 2.25. The SMILES string of the molecule is O=C(Nc1ccccc1Cl)N1Cc2cccc(Br)c2C1. The molecule has 1 aliphatic rings. The number of hydrogen-bond donors (Lipinski definition) is 1. The minimum Gasteiger partial charge on any atom is -0.316 e. The lowest BCUT2D eigenvalue weighted by atomic mass is 10.1. The molecule has 102 valence electrons. The monoisotopic (exact) mass is 350 g/mol. The second-order valence-corrected chi connectivity index (χ2v) is 5.91. The normalized spacial score (nSPS) is 13.2. The van der Waals surface area contributed by atoms with Crippen LogP contribution in [0.25, 0.3) is 0 Å². The first-order valence-corrected chi connectivity index (χ1v) is 7.39. The summed E-state index contributed by atoms with van der Waals surface area (Å²) < 4.78 is 1.04. The fourth-order valence-electron chi connectivity index (χ4n) is 2.28. The number of rotatable bonds is 1. The van der Waals surface area contributed by atoms with Crippen LogP contribution in [0.1, 0.15) is 11.1 Å². The summed E-state index contributed by atoms with van der Waals surface area (Å²) in [6.45, 7) is 1.22. The molecule has 2 amide bonds. The molecular weight excluding hydrogens is 340 g/mol. The number of benzene rings is 2. The highest BCUT2D eigenvalue weighted by molar-refractivity contribution is 9.10. The van der Waals surface area contributed by atoms with Gasteiger partial charge < -0.3 is 10.2 Å². The fraction of sp³-hybridized carbons (Fsp3) is 0.133. The van der Waals surface area contributed by atoms with Gasteiger partial charge in [-0.05, 0) is 29.3 Å². The molecule has 3 rings (SSSR count). The van der Waals surface area contributed by atoms with Gasteiger partial charge in [0.15, 0.2) is 0 Å². The van der Waals surface area contributed by atoms with Gasteiger partial charge in [-0.1, -0.05) is 51.8 Å². The number of anilines is 1. The summed E-state index contributed by atoms with van der Waals surface area (Å²) in [6.07, 6.45) is 0. The van der Waals surface area contributed by atoms with E-state index in [0.717, 1.165) is 4.47 Å². The predicted octanol–water partition coefficient (Wildman–Crippen LogP) is 4.65. The Bertz CT molecular complexity index is 675. The molecule has 2 aromatic rings. The number of nitrogens with zero attached hydrogens (tertiary/aromatic N) is 1. The van der Waals surface area contributed by atoms with Crippen LogP contribution in [0.3, 0.4) is 0 Å². The van der Waals surface area contributed by atoms with Gasteiger partial charge >= 0.3 is 6.03 Å². The summed E-state index contributed by atoms with van der Waals surface area (Å²) in [5.41, 5.74) is 2.98. The number of hydrogen-bond acceptors (Lipinski definition) is 1. The molecule has 0 atom stereocenters. The molecule has 0 aromatic heterocycles. The van der Waals surface area contributed by atoms with Crippen molar-refractivity contribution in [3.63, 3.8) is 0 Å². The molecule has 1 aliphatic heterocycles. The van der Waals surface area contributed by atoms with Crippen LogP contribution < -0.4 is 5.32 Å². The molecule has 20 heavy (non-hydrogen) atoms. The Labute approximate surface area is 130 Å². The van der Waals surface area contributed by atoms with Crippen LogP contribution in [-0.4, -0.2) is 10.9 Å². The highest BCUT2D eigenvalue weighted by atomic mass is 79.9. The van der Waals surface area contributed by atoms with Crippen LogP contribution in [0.4, 0.5) is 10.5 Å². The summed E-state index contributed by atoms with van der Waals surface area (Å²) in [4.78, 5) is 14.1. The van der Waals surface area contributed by atoms with Gasteiger partial charge in [0.2, 0.25) is 0 Å². The second-order valence-electron chi connectivity index (χ2n) is 4.64. The third-order valence-electron chi connectivity index (χ3n) is 3.33. The third kappa shape index (κ3) is 2.53. The fourth-order valence-corrected chi connectivity index (χ4v) is 3.00. The van der Waals surface area contributed by atoms with Gasteiger partial charge in [0.1, 0.15) is 0 Å². The van der Waals surface area contributed by atoms with Crippen LogP contribution in [0, 0.1) is 0 Å². The van der Waals surface area contributed by atoms with Gasteiger partial charge in [-0.15, -0.1) is 0 Å². The molecule has 0 bridgehead atoms. The molecule has 0 saturated carbocycles. The van der Waals surface area contributed by atoms with E-state index in [9.17, 15) is 4.79 Å². The van der Waals surface area contributed by atoms with Crippen molar-refractivity contribution in [2.45, 2.75) is 13.1 Å². The number of nitrogens with one attached hydrogen (secondary N) is 1. The lowest BCUT2D eigenvalue weighted by molar-refractivity contribution is 0.212. The van der Waals surface area contributed by atoms with Gasteiger partial charge in [-0.2, -0.15) is 0 Å². The average Bonchev–Trinajstić information content (AvgIpc) is 2.87. The van der Waals surface area contributed by atoms with E-state index in [1.807, 2.05) is 30.3 Å². The van der Waals surface area contributed by atoms with Crippen molar-refractivity contribution in [2.24, 2.45) is 0 Å². The molecule has 0 unspecified atom stereocenters. The number of carbonyl (C=O) groups is 1. The molecule has 3 nitrogen and oxygen atoms in total. The predicted molar refractivity (Wildman–Crippen MR) is 83.9 cm³/mol. The van der Waals surface area contributed by atoms with Crippen molar-refractivity contribution < 1.29 is 4.79 Å². The van der Waals surface area contributed by atoms with Gasteiger partial charge in [-0.3, -0.25) is 0 Å². The number of halogens is 2. The van der Waals surface area contributed by atoms with Gasteiger partial charge in [0, 0.05) is 17.6 Å². The number of carbonyl (C=O) groups excluding carboxylic acids is 1. The van der Waals surface area contributed by atoms with Gasteiger partial charge in [0.05, 0.1) is 10.7 Å². The van der Waals surface area contributed by atoms with E-state index in [2.05, 4.69) is 21.2 Å². The van der Waals surface area contributed by atoms with E-state index in [-0.39, 0.29) is 6.03 Å². The van der Waals surface area contributed by atoms with E-state index in [4.69, 9.17) is 11.6 Å². The standard InChI is InChI=1S/C15H12BrClN2O/c16-12-5-3-4-10-8-19(9-11(10)12)15(20)18-14-7-2-1-6-13(14)17/h1-7H,8-9H2,(H,18,20). The summed E-state index contributed by atoms with van der Waals surface area (Å²) in [5, 5.41) is 3.39. The number of fused-ring (bicyclic) bond motifs is 1. The zero-order valence-electron chi connectivity index (χ0n) is 10.6. The van der Waals surface area contributed by atoms with Crippen molar-refractivity contribution in [3.05, 3.63) is 63.1 Å². The summed E-state index contributed by atoms with van der Waals surface area (Å²) in [7, 11) is 0. The van der Waals surface area contributed by atoms with Crippen LogP contribution in [0.2, 0.25) is 5.02 Å². The quantitative estimate of drug-likeness (QED) is 0.797. The molecule has 0 spiro atoms. The van der Waals surface area contributed by atoms with Crippen molar-refractivity contribution in [2.75, 3.05) is 5.32 Å². The summed E-state index contributed by atoms with van der Waals surface area (Å²) in [6, 6.07) is 13.1. The Kier molecular flexibility index (Phi) is 3.68. The zero-order valence-corrected chi connectivity index (χ0v) is 12.9. The van der Waals surface area contributed by atoms with E-state index in [1.165, 1.54) is 11.1 Å². The van der Waals surface area contributed by atoms with Crippen LogP contribution in [-0.2, 0) is 13.1 Å². The Morgan fingerprint density at radius 1 is 1.15 bits per heavy atom. The molecule has 2 aromatic carbocycles. The Morgan fingerprint density at radius 3 is 2.70 bits per heavy atom. The van der Waals surface area contributed by atoms with Crippen LogP contribution >= 0.6 is 27.5 Å². The second kappa shape index (κ2) is 5.46. The molecule has 1 heterocycles. The first kappa shape index (κ1) is 13.5. The number of urea groups is 1. The van der Waals surface area contributed by atoms with E-state index >= 15 is 0 Å². The molecule has 0 saturated heterocycles. The lowest BCUT2D eigenvalue weighted by Crippen LogP contribution is -2.30. The van der Waals surface area contributed by atoms with Gasteiger partial charge in [-0.25, -0.2) is 4.79 Å². The maximum absolute atomic E-state index is 12.3. The maximum atomic E-state index is 12.3. The number of para-hydroxylation sites is 1. The van der Waals surface area contributed by atoms with Crippen molar-refractivity contribution in [3.8, 4) is 0 Å². The molecular formula is C15H12BrClN2O. The Balaban J connectivity index is 1.75.